The van der Waals surface area contributed by atoms with Gasteiger partial charge in [-0.05, 0) is 65.5 Å². The first kappa shape index (κ1) is 18.4. The predicted molar refractivity (Wildman–Crippen MR) is 87.3 cm³/mol. The van der Waals surface area contributed by atoms with Gasteiger partial charge >= 0.3 is 5.97 Å². The first-order valence-corrected chi connectivity index (χ1v) is 8.46. The normalized spacial score (nSPS) is 25.5. The minimum atomic E-state index is -0.588. The molecular formula is C17H34N2O2. The third kappa shape index (κ3) is 5.59. The second-order valence-corrected chi connectivity index (χ2v) is 6.95. The molecule has 1 aliphatic carbocycles. The van der Waals surface area contributed by atoms with Crippen molar-refractivity contribution in [2.24, 2.45) is 11.8 Å². The molecule has 4 nitrogen and oxygen atoms in total. The van der Waals surface area contributed by atoms with Gasteiger partial charge in [0.15, 0.2) is 0 Å². The molecular weight excluding hydrogens is 264 g/mol. The van der Waals surface area contributed by atoms with Crippen LogP contribution >= 0.6 is 0 Å². The third-order valence-corrected chi connectivity index (χ3v) is 4.75. The Bertz CT molecular complexity index is 335. The molecule has 0 bridgehead atoms. The number of ether oxygens (including phenoxy) is 1. The summed E-state index contributed by atoms with van der Waals surface area (Å²) in [5.41, 5.74) is -0.588. The zero-order chi connectivity index (χ0) is 16.0. The number of nitrogens with zero attached hydrogens (tertiary/aromatic N) is 1. The molecule has 0 spiro atoms. The lowest BCUT2D eigenvalue weighted by atomic mass is 9.92. The van der Waals surface area contributed by atoms with Gasteiger partial charge in [-0.15, -0.1) is 0 Å². The molecule has 21 heavy (non-hydrogen) atoms. The van der Waals surface area contributed by atoms with Crippen LogP contribution in [-0.4, -0.2) is 49.2 Å². The molecule has 4 heteroatoms. The van der Waals surface area contributed by atoms with Crippen molar-refractivity contribution in [3.05, 3.63) is 0 Å². The summed E-state index contributed by atoms with van der Waals surface area (Å²) in [7, 11) is 2.17. The fourth-order valence-corrected chi connectivity index (χ4v) is 2.87. The molecule has 0 radical (unpaired) electrons. The van der Waals surface area contributed by atoms with Gasteiger partial charge in [-0.25, -0.2) is 0 Å². The highest BCUT2D eigenvalue weighted by molar-refractivity contribution is 5.80. The van der Waals surface area contributed by atoms with Gasteiger partial charge in [0.1, 0.15) is 5.54 Å². The van der Waals surface area contributed by atoms with E-state index in [0.29, 0.717) is 12.6 Å². The lowest BCUT2D eigenvalue weighted by Crippen LogP contribution is -2.54. The summed E-state index contributed by atoms with van der Waals surface area (Å²) in [6.45, 7) is 12.9. The van der Waals surface area contributed by atoms with Crippen molar-refractivity contribution in [1.29, 1.82) is 0 Å². The largest absolute Gasteiger partial charge is 0.465 e. The Labute approximate surface area is 130 Å². The Morgan fingerprint density at radius 1 is 1.48 bits per heavy atom. The van der Waals surface area contributed by atoms with Crippen molar-refractivity contribution in [1.82, 2.24) is 10.2 Å². The number of esters is 1. The standard InChI is InChI=1S/C17H34N2O2/c1-7-9-18-17(5,16(20)21-8-2)11-14(4)19(6)12-15-10-13(15)3/h13-15,18H,7-12H2,1-6H3. The minimum absolute atomic E-state index is 0.126. The molecule has 1 rings (SSSR count). The highest BCUT2D eigenvalue weighted by atomic mass is 16.5. The Kier molecular flexibility index (Phi) is 7.14. The molecule has 0 amide bonds. The van der Waals surface area contributed by atoms with Crippen molar-refractivity contribution in [3.63, 3.8) is 0 Å². The van der Waals surface area contributed by atoms with Crippen LogP contribution in [0.1, 0.15) is 53.9 Å². The van der Waals surface area contributed by atoms with Crippen molar-refractivity contribution < 1.29 is 9.53 Å². The van der Waals surface area contributed by atoms with Crippen LogP contribution in [0.25, 0.3) is 0 Å². The zero-order valence-electron chi connectivity index (χ0n) is 14.7. The quantitative estimate of drug-likeness (QED) is 0.630. The fourth-order valence-electron chi connectivity index (χ4n) is 2.87. The van der Waals surface area contributed by atoms with E-state index in [1.165, 1.54) is 6.42 Å². The van der Waals surface area contributed by atoms with E-state index in [0.717, 1.165) is 37.8 Å². The Balaban J connectivity index is 2.58. The Morgan fingerprint density at radius 3 is 2.57 bits per heavy atom. The molecule has 1 N–H and O–H groups in total. The fraction of sp³-hybridized carbons (Fsp3) is 0.941. The van der Waals surface area contributed by atoms with Gasteiger partial charge in [0, 0.05) is 12.6 Å². The van der Waals surface area contributed by atoms with E-state index < -0.39 is 5.54 Å². The van der Waals surface area contributed by atoms with Gasteiger partial charge < -0.3 is 15.0 Å². The van der Waals surface area contributed by atoms with Gasteiger partial charge in [0.25, 0.3) is 0 Å². The van der Waals surface area contributed by atoms with Crippen LogP contribution in [0, 0.1) is 11.8 Å². The van der Waals surface area contributed by atoms with Crippen molar-refractivity contribution >= 4 is 5.97 Å². The lowest BCUT2D eigenvalue weighted by Gasteiger charge is -2.34. The average molecular weight is 298 g/mol. The Morgan fingerprint density at radius 2 is 2.10 bits per heavy atom. The third-order valence-electron chi connectivity index (χ3n) is 4.75. The molecule has 1 aliphatic rings. The summed E-state index contributed by atoms with van der Waals surface area (Å²) < 4.78 is 5.28. The van der Waals surface area contributed by atoms with Gasteiger partial charge in [-0.3, -0.25) is 4.79 Å². The average Bonchev–Trinajstić information content (AvgIpc) is 3.11. The topological polar surface area (TPSA) is 41.6 Å². The lowest BCUT2D eigenvalue weighted by molar-refractivity contribution is -0.151. The second-order valence-electron chi connectivity index (χ2n) is 6.95. The molecule has 1 saturated carbocycles. The van der Waals surface area contributed by atoms with Gasteiger partial charge in [0.2, 0.25) is 0 Å². The predicted octanol–water partition coefficient (Wildman–Crippen LogP) is 2.67. The van der Waals surface area contributed by atoms with Gasteiger partial charge in [0.05, 0.1) is 6.61 Å². The minimum Gasteiger partial charge on any atom is -0.465 e. The molecule has 4 atom stereocenters. The van der Waals surface area contributed by atoms with Crippen LogP contribution in [0.15, 0.2) is 0 Å². The van der Waals surface area contributed by atoms with Gasteiger partial charge in [-0.1, -0.05) is 13.8 Å². The molecule has 1 fully saturated rings. The SMILES string of the molecule is CCCNC(C)(CC(C)N(C)CC1CC1C)C(=O)OCC. The molecule has 4 unspecified atom stereocenters. The van der Waals surface area contributed by atoms with Crippen molar-refractivity contribution in [3.8, 4) is 0 Å². The van der Waals surface area contributed by atoms with Crippen LogP contribution in [0.5, 0.6) is 0 Å². The number of carbonyl (C=O) groups is 1. The number of hydrogen-bond donors (Lipinski definition) is 1. The maximum absolute atomic E-state index is 12.3. The molecule has 0 aromatic heterocycles. The smallest absolute Gasteiger partial charge is 0.326 e. The van der Waals surface area contributed by atoms with Crippen molar-refractivity contribution in [2.45, 2.75) is 65.5 Å². The van der Waals surface area contributed by atoms with E-state index in [1.54, 1.807) is 0 Å². The maximum atomic E-state index is 12.3. The van der Waals surface area contributed by atoms with E-state index >= 15 is 0 Å². The van der Waals surface area contributed by atoms with E-state index in [9.17, 15) is 4.79 Å². The second kappa shape index (κ2) is 8.14. The summed E-state index contributed by atoms with van der Waals surface area (Å²) in [6.07, 6.45) is 3.14. The first-order valence-electron chi connectivity index (χ1n) is 8.46. The Hall–Kier alpha value is -0.610. The molecule has 0 aliphatic heterocycles. The molecule has 0 aromatic carbocycles. The first-order chi connectivity index (χ1) is 9.84. The van der Waals surface area contributed by atoms with Crippen LogP contribution in [0.2, 0.25) is 0 Å². The highest BCUT2D eigenvalue weighted by Gasteiger charge is 2.38. The van der Waals surface area contributed by atoms with Crippen LogP contribution in [0.4, 0.5) is 0 Å². The number of carbonyl (C=O) groups excluding carboxylic acids is 1. The van der Waals surface area contributed by atoms with Crippen molar-refractivity contribution in [2.75, 3.05) is 26.7 Å². The number of nitrogens with one attached hydrogen (secondary N) is 1. The summed E-state index contributed by atoms with van der Waals surface area (Å²) >= 11 is 0. The van der Waals surface area contributed by atoms with Crippen LogP contribution < -0.4 is 5.32 Å². The molecule has 0 saturated heterocycles. The summed E-state index contributed by atoms with van der Waals surface area (Å²) in [5, 5.41) is 3.39. The number of hydrogen-bond acceptors (Lipinski definition) is 4. The zero-order valence-corrected chi connectivity index (χ0v) is 14.7. The monoisotopic (exact) mass is 298 g/mol. The summed E-state index contributed by atoms with van der Waals surface area (Å²) in [5.74, 6) is 1.59. The van der Waals surface area contributed by atoms with E-state index in [2.05, 4.69) is 38.0 Å². The maximum Gasteiger partial charge on any atom is 0.326 e. The molecule has 0 aromatic rings. The van der Waals surface area contributed by atoms with Crippen LogP contribution in [0.3, 0.4) is 0 Å². The summed E-state index contributed by atoms with van der Waals surface area (Å²) in [6, 6.07) is 0.358. The molecule has 124 valence electrons. The van der Waals surface area contributed by atoms with E-state index in [4.69, 9.17) is 4.74 Å². The van der Waals surface area contributed by atoms with E-state index in [1.807, 2.05) is 13.8 Å². The number of rotatable bonds is 10. The van der Waals surface area contributed by atoms with Crippen LogP contribution in [-0.2, 0) is 9.53 Å². The highest BCUT2D eigenvalue weighted by Crippen LogP contribution is 2.38. The van der Waals surface area contributed by atoms with Gasteiger partial charge in [-0.2, -0.15) is 0 Å². The summed E-state index contributed by atoms with van der Waals surface area (Å²) in [4.78, 5) is 14.7. The van der Waals surface area contributed by atoms with E-state index in [-0.39, 0.29) is 5.97 Å². The molecule has 0 heterocycles.